The Balaban J connectivity index is 2.39. The first-order valence-electron chi connectivity index (χ1n) is 10.2. The zero-order valence-corrected chi connectivity index (χ0v) is 17.5. The molecule has 0 unspecified atom stereocenters. The van der Waals surface area contributed by atoms with Crippen LogP contribution in [0.5, 0.6) is 11.5 Å². The Labute approximate surface area is 172 Å². The van der Waals surface area contributed by atoms with Crippen molar-refractivity contribution in [2.75, 3.05) is 7.11 Å². The van der Waals surface area contributed by atoms with E-state index in [1.54, 1.807) is 6.07 Å². The first-order valence-corrected chi connectivity index (χ1v) is 10.2. The number of ether oxygens (including phenoxy) is 2. The highest BCUT2D eigenvalue weighted by atomic mass is 16.5. The summed E-state index contributed by atoms with van der Waals surface area (Å²) in [6.45, 7) is 3.22. The number of hydrogen-bond donors (Lipinski definition) is 3. The molecular formula is C23H32O6. The van der Waals surface area contributed by atoms with Gasteiger partial charge in [0.15, 0.2) is 11.5 Å². The fraction of sp³-hybridized carbons (Fsp3) is 0.609. The van der Waals surface area contributed by atoms with Crippen LogP contribution in [-0.4, -0.2) is 40.6 Å². The van der Waals surface area contributed by atoms with E-state index in [0.717, 1.165) is 18.4 Å². The monoisotopic (exact) mass is 404 g/mol. The van der Waals surface area contributed by atoms with Gasteiger partial charge in [-0.3, -0.25) is 4.79 Å². The average molecular weight is 405 g/mol. The maximum absolute atomic E-state index is 11.7. The van der Waals surface area contributed by atoms with Crippen molar-refractivity contribution >= 4 is 5.97 Å². The fourth-order valence-electron chi connectivity index (χ4n) is 3.81. The van der Waals surface area contributed by atoms with Crippen LogP contribution in [0, 0.1) is 23.7 Å². The van der Waals surface area contributed by atoms with Gasteiger partial charge in [0.1, 0.15) is 6.10 Å². The van der Waals surface area contributed by atoms with Gasteiger partial charge in [-0.05, 0) is 48.9 Å². The van der Waals surface area contributed by atoms with E-state index in [-0.39, 0.29) is 24.2 Å². The van der Waals surface area contributed by atoms with Crippen LogP contribution >= 0.6 is 0 Å². The van der Waals surface area contributed by atoms with Gasteiger partial charge in [0.2, 0.25) is 0 Å². The Morgan fingerprint density at radius 2 is 2.03 bits per heavy atom. The van der Waals surface area contributed by atoms with E-state index < -0.39 is 18.2 Å². The second-order valence-corrected chi connectivity index (χ2v) is 7.66. The fourth-order valence-corrected chi connectivity index (χ4v) is 3.81. The number of phenols is 1. The van der Waals surface area contributed by atoms with E-state index in [1.807, 2.05) is 0 Å². The minimum Gasteiger partial charge on any atom is -0.504 e. The predicted molar refractivity (Wildman–Crippen MR) is 109 cm³/mol. The molecule has 160 valence electrons. The van der Waals surface area contributed by atoms with E-state index in [2.05, 4.69) is 18.8 Å². The molecule has 4 atom stereocenters. The summed E-state index contributed by atoms with van der Waals surface area (Å²) in [5, 5.41) is 30.2. The Bertz CT molecular complexity index is 748. The van der Waals surface area contributed by atoms with Gasteiger partial charge in [0.05, 0.1) is 19.8 Å². The summed E-state index contributed by atoms with van der Waals surface area (Å²) < 4.78 is 10.8. The third-order valence-corrected chi connectivity index (χ3v) is 5.51. The van der Waals surface area contributed by atoms with Crippen molar-refractivity contribution < 1.29 is 29.6 Å². The summed E-state index contributed by atoms with van der Waals surface area (Å²) in [6.07, 6.45) is 2.66. The van der Waals surface area contributed by atoms with E-state index >= 15 is 0 Å². The van der Waals surface area contributed by atoms with E-state index in [1.165, 1.54) is 20.1 Å². The molecule has 1 aliphatic rings. The molecule has 0 saturated carbocycles. The van der Waals surface area contributed by atoms with Gasteiger partial charge >= 0.3 is 5.97 Å². The number of carbonyl (C=O) groups excluding carboxylic acids is 1. The van der Waals surface area contributed by atoms with Crippen LogP contribution < -0.4 is 4.74 Å². The lowest BCUT2D eigenvalue weighted by atomic mass is 9.84. The minimum absolute atomic E-state index is 0.0382. The molecule has 0 spiro atoms. The number of aliphatic hydroxyl groups excluding tert-OH is 2. The number of aromatic hydroxyl groups is 1. The molecule has 0 amide bonds. The van der Waals surface area contributed by atoms with Crippen LogP contribution in [0.3, 0.4) is 0 Å². The zero-order valence-electron chi connectivity index (χ0n) is 17.5. The quantitative estimate of drug-likeness (QED) is 0.498. The predicted octanol–water partition coefficient (Wildman–Crippen LogP) is 2.95. The molecule has 0 heterocycles. The van der Waals surface area contributed by atoms with Crippen LogP contribution in [-0.2, 0) is 22.6 Å². The first kappa shape index (κ1) is 23.1. The van der Waals surface area contributed by atoms with Crippen LogP contribution in [0.2, 0.25) is 0 Å². The largest absolute Gasteiger partial charge is 0.504 e. The molecule has 1 aliphatic carbocycles. The molecule has 6 heteroatoms. The summed E-state index contributed by atoms with van der Waals surface area (Å²) in [5.74, 6) is 6.53. The number of rotatable bonds is 6. The number of esters is 1. The first-order chi connectivity index (χ1) is 13.9. The maximum Gasteiger partial charge on any atom is 0.302 e. The summed E-state index contributed by atoms with van der Waals surface area (Å²) in [7, 11) is 1.47. The van der Waals surface area contributed by atoms with Crippen molar-refractivity contribution in [3.8, 4) is 23.3 Å². The third kappa shape index (κ3) is 6.66. The Morgan fingerprint density at radius 1 is 1.28 bits per heavy atom. The van der Waals surface area contributed by atoms with Gasteiger partial charge in [-0.1, -0.05) is 12.8 Å². The Kier molecular flexibility index (Phi) is 8.81. The SMILES string of the molecule is CC[C@@H]1C#CC[C@H](Cc2cc(OC)c(O)cc2CO)[C@@H](OC(C)=O)C[C@@H](O)CC1. The van der Waals surface area contributed by atoms with Crippen molar-refractivity contribution in [3.05, 3.63) is 23.3 Å². The Hall–Kier alpha value is -2.23. The van der Waals surface area contributed by atoms with Gasteiger partial charge in [-0.15, -0.1) is 5.92 Å². The molecule has 2 rings (SSSR count). The van der Waals surface area contributed by atoms with Crippen molar-refractivity contribution in [1.29, 1.82) is 0 Å². The second-order valence-electron chi connectivity index (χ2n) is 7.66. The molecule has 0 radical (unpaired) electrons. The Morgan fingerprint density at radius 3 is 2.66 bits per heavy atom. The number of hydrogen-bond acceptors (Lipinski definition) is 6. The van der Waals surface area contributed by atoms with Crippen LogP contribution in [0.25, 0.3) is 0 Å². The molecule has 29 heavy (non-hydrogen) atoms. The third-order valence-electron chi connectivity index (χ3n) is 5.51. The topological polar surface area (TPSA) is 96.2 Å². The molecule has 3 N–H and O–H groups in total. The van der Waals surface area contributed by atoms with Crippen LogP contribution in [0.4, 0.5) is 0 Å². The standard InChI is InChI=1S/C23H32O6/c1-4-16-6-5-7-17(22(29-15(2)25)13-20(26)9-8-16)10-18-12-23(28-3)21(27)11-19(18)14-24/h11-12,16-17,20,22,24,26-27H,4,7-10,13-14H2,1-3H3/t16-,17-,20+,22+/m1/s1. The van der Waals surface area contributed by atoms with Crippen molar-refractivity contribution in [1.82, 2.24) is 0 Å². The lowest BCUT2D eigenvalue weighted by Crippen LogP contribution is -2.32. The summed E-state index contributed by atoms with van der Waals surface area (Å²) in [4.78, 5) is 11.7. The summed E-state index contributed by atoms with van der Waals surface area (Å²) >= 11 is 0. The molecule has 1 aromatic carbocycles. The summed E-state index contributed by atoms with van der Waals surface area (Å²) in [6, 6.07) is 3.19. The highest BCUT2D eigenvalue weighted by Crippen LogP contribution is 2.33. The van der Waals surface area contributed by atoms with E-state index in [9.17, 15) is 20.1 Å². The number of phenolic OH excluding ortho intramolecular Hbond substituents is 1. The highest BCUT2D eigenvalue weighted by Gasteiger charge is 2.29. The number of aliphatic hydroxyl groups is 2. The average Bonchev–Trinajstić information content (AvgIpc) is 2.69. The lowest BCUT2D eigenvalue weighted by Gasteiger charge is -2.29. The maximum atomic E-state index is 11.7. The van der Waals surface area contributed by atoms with Crippen molar-refractivity contribution in [2.45, 2.75) is 71.2 Å². The number of methoxy groups -OCH3 is 1. The normalized spacial score (nSPS) is 24.9. The lowest BCUT2D eigenvalue weighted by molar-refractivity contribution is -0.150. The van der Waals surface area contributed by atoms with Gasteiger partial charge < -0.3 is 24.8 Å². The highest BCUT2D eigenvalue weighted by molar-refractivity contribution is 5.66. The molecular weight excluding hydrogens is 372 g/mol. The van der Waals surface area contributed by atoms with Crippen molar-refractivity contribution in [2.24, 2.45) is 11.8 Å². The molecule has 1 aromatic rings. The molecule has 0 fully saturated rings. The molecule has 0 aromatic heterocycles. The van der Waals surface area contributed by atoms with Gasteiger partial charge in [-0.25, -0.2) is 0 Å². The van der Waals surface area contributed by atoms with Crippen LogP contribution in [0.15, 0.2) is 12.1 Å². The van der Waals surface area contributed by atoms with Gasteiger partial charge in [0.25, 0.3) is 0 Å². The van der Waals surface area contributed by atoms with Crippen LogP contribution in [0.1, 0.15) is 57.1 Å². The molecule has 0 bridgehead atoms. The molecule has 0 saturated heterocycles. The number of benzene rings is 1. The summed E-state index contributed by atoms with van der Waals surface area (Å²) in [5.41, 5.74) is 1.38. The van der Waals surface area contributed by atoms with Gasteiger partial charge in [-0.2, -0.15) is 0 Å². The number of carbonyl (C=O) groups is 1. The van der Waals surface area contributed by atoms with Gasteiger partial charge in [0, 0.05) is 31.6 Å². The van der Waals surface area contributed by atoms with Crippen molar-refractivity contribution in [3.63, 3.8) is 0 Å². The molecule has 6 nitrogen and oxygen atoms in total. The smallest absolute Gasteiger partial charge is 0.302 e. The minimum atomic E-state index is -0.567. The zero-order chi connectivity index (χ0) is 21.4. The van der Waals surface area contributed by atoms with E-state index in [4.69, 9.17) is 9.47 Å². The second kappa shape index (κ2) is 11.1. The molecule has 0 aliphatic heterocycles. The van der Waals surface area contributed by atoms with E-state index in [0.29, 0.717) is 37.0 Å².